The zero-order valence-corrected chi connectivity index (χ0v) is 21.5. The van der Waals surface area contributed by atoms with E-state index in [2.05, 4.69) is 36.4 Å². The number of carboxylic acid groups (broad SMARTS) is 2. The number of carbonyl (C=O) groups is 5. The van der Waals surface area contributed by atoms with Crippen LogP contribution in [0.5, 0.6) is 0 Å². The van der Waals surface area contributed by atoms with Gasteiger partial charge in [-0.2, -0.15) is 0 Å². The summed E-state index contributed by atoms with van der Waals surface area (Å²) < 4.78 is 0. The lowest BCUT2D eigenvalue weighted by Gasteiger charge is -2.49. The first kappa shape index (κ1) is 28.3. The highest BCUT2D eigenvalue weighted by molar-refractivity contribution is 8.01. The highest BCUT2D eigenvalue weighted by atomic mass is 32.2. The van der Waals surface area contributed by atoms with Crippen molar-refractivity contribution in [3.8, 4) is 0 Å². The van der Waals surface area contributed by atoms with E-state index in [1.165, 1.54) is 24.3 Å². The van der Waals surface area contributed by atoms with Gasteiger partial charge in [0.1, 0.15) is 29.9 Å². The van der Waals surface area contributed by atoms with Crippen molar-refractivity contribution in [1.82, 2.24) is 35.5 Å². The Hall–Kier alpha value is -4.24. The molecule has 0 saturated carbocycles. The fourth-order valence-corrected chi connectivity index (χ4v) is 6.12. The van der Waals surface area contributed by atoms with E-state index in [9.17, 15) is 24.3 Å². The quantitative estimate of drug-likeness (QED) is 0.0662. The summed E-state index contributed by atoms with van der Waals surface area (Å²) in [6.45, 7) is -0.250. The number of nitrogens with two attached hydrogens (primary N) is 1. The minimum absolute atomic E-state index is 0.152. The maximum atomic E-state index is 12.9. The van der Waals surface area contributed by atoms with Crippen molar-refractivity contribution in [3.63, 3.8) is 0 Å². The number of carbonyl (C=O) groups excluding carboxylic acids is 3. The van der Waals surface area contributed by atoms with E-state index in [4.69, 9.17) is 20.5 Å². The number of nitrogens with zero attached hydrogens (tertiary/aromatic N) is 7. The van der Waals surface area contributed by atoms with Crippen LogP contribution in [0.2, 0.25) is 0 Å². The summed E-state index contributed by atoms with van der Waals surface area (Å²) in [4.78, 5) is 67.6. The lowest BCUT2D eigenvalue weighted by molar-refractivity contribution is -0.150. The van der Waals surface area contributed by atoms with Crippen molar-refractivity contribution in [1.29, 1.82) is 0 Å². The second-order valence-electron chi connectivity index (χ2n) is 6.83. The molecular formula is C17H18N10O8S3. The first-order chi connectivity index (χ1) is 18.3. The number of nitrogen functional groups attached to an aromatic ring is 1. The molecule has 0 spiro atoms. The highest BCUT2D eigenvalue weighted by Gasteiger charge is 2.54. The van der Waals surface area contributed by atoms with Gasteiger partial charge in [-0.05, 0) is 16.0 Å². The summed E-state index contributed by atoms with van der Waals surface area (Å²) in [5, 5.41) is 35.1. The minimum Gasteiger partial charge on any atom is -0.483 e. The number of thioether (sulfide) groups is 2. The fraction of sp³-hybridized carbons (Fsp3) is 0.294. The second kappa shape index (κ2) is 12.8. The van der Waals surface area contributed by atoms with Gasteiger partial charge in [0.2, 0.25) is 11.6 Å². The van der Waals surface area contributed by atoms with Crippen molar-refractivity contribution < 1.29 is 39.0 Å². The predicted molar refractivity (Wildman–Crippen MR) is 132 cm³/mol. The molecule has 21 heteroatoms. The topological polar surface area (TPSA) is 257 Å². The van der Waals surface area contributed by atoms with Gasteiger partial charge in [-0.3, -0.25) is 24.1 Å². The summed E-state index contributed by atoms with van der Waals surface area (Å²) in [5.74, 6) is -2.15. The monoisotopic (exact) mass is 586 g/mol. The normalized spacial score (nSPS) is 18.4. The Bertz CT molecular complexity index is 1290. The Balaban J connectivity index is 0.00000127. The Morgan fingerprint density at radius 2 is 2.16 bits per heavy atom. The Morgan fingerprint density at radius 3 is 2.76 bits per heavy atom. The van der Waals surface area contributed by atoms with Gasteiger partial charge in [-0.25, -0.2) is 15.2 Å². The number of thiazole rings is 1. The largest absolute Gasteiger partial charge is 0.483 e. The summed E-state index contributed by atoms with van der Waals surface area (Å²) >= 11 is 3.49. The third kappa shape index (κ3) is 6.00. The molecular weight excluding hydrogens is 568 g/mol. The van der Waals surface area contributed by atoms with Crippen LogP contribution < -0.4 is 16.5 Å². The van der Waals surface area contributed by atoms with E-state index in [-0.39, 0.29) is 45.4 Å². The molecule has 1 saturated heterocycles. The molecule has 202 valence electrons. The zero-order valence-electron chi connectivity index (χ0n) is 19.1. The van der Waals surface area contributed by atoms with Gasteiger partial charge < -0.3 is 26.1 Å². The molecule has 0 unspecified atom stereocenters. The molecule has 0 bridgehead atoms. The van der Waals surface area contributed by atoms with Gasteiger partial charge in [0.15, 0.2) is 10.8 Å². The van der Waals surface area contributed by atoms with Crippen molar-refractivity contribution in [2.75, 3.05) is 29.8 Å². The third-order valence-corrected chi connectivity index (χ3v) is 7.71. The molecule has 4 heterocycles. The van der Waals surface area contributed by atoms with Crippen molar-refractivity contribution >= 4 is 76.4 Å². The van der Waals surface area contributed by atoms with Gasteiger partial charge in [0.25, 0.3) is 18.3 Å². The molecule has 18 nitrogen and oxygen atoms in total. The number of anilines is 1. The van der Waals surface area contributed by atoms with Crippen molar-refractivity contribution in [3.05, 3.63) is 22.3 Å². The van der Waals surface area contributed by atoms with Gasteiger partial charge in [-0.15, -0.1) is 27.9 Å². The molecule has 0 aromatic carbocycles. The number of amides is 3. The molecule has 4 rings (SSSR count). The number of nitrogens with one attached hydrogen (secondary N) is 2. The molecule has 2 aliphatic heterocycles. The van der Waals surface area contributed by atoms with E-state index in [1.54, 1.807) is 0 Å². The maximum absolute atomic E-state index is 12.9. The number of hydrogen-bond acceptors (Lipinski definition) is 15. The van der Waals surface area contributed by atoms with Crippen LogP contribution in [0.4, 0.5) is 5.13 Å². The number of carboxylic acids is 1. The number of hydrogen-bond donors (Lipinski definition) is 5. The molecule has 2 aromatic heterocycles. The average molecular weight is 587 g/mol. The van der Waals surface area contributed by atoms with Crippen LogP contribution >= 0.6 is 34.9 Å². The molecule has 38 heavy (non-hydrogen) atoms. The molecule has 2 aromatic rings. The number of β-lactam (4-membered cyclic amide) rings is 1. The van der Waals surface area contributed by atoms with Crippen LogP contribution in [0.25, 0.3) is 0 Å². The number of rotatable bonds is 10. The third-order valence-electron chi connectivity index (χ3n) is 4.69. The van der Waals surface area contributed by atoms with Crippen molar-refractivity contribution in [2.24, 2.45) is 5.16 Å². The van der Waals surface area contributed by atoms with Gasteiger partial charge in [-0.1, -0.05) is 22.0 Å². The fourth-order valence-electron chi connectivity index (χ4n) is 3.25. The first-order valence-electron chi connectivity index (χ1n) is 9.99. The van der Waals surface area contributed by atoms with Crippen LogP contribution in [0.1, 0.15) is 5.69 Å². The first-order valence-corrected chi connectivity index (χ1v) is 12.9. The number of aromatic nitrogens is 5. The second-order valence-corrected chi connectivity index (χ2v) is 9.76. The molecule has 1 fully saturated rings. The minimum atomic E-state index is -1.28. The van der Waals surface area contributed by atoms with E-state index >= 15 is 0 Å². The summed E-state index contributed by atoms with van der Waals surface area (Å²) in [6, 6.07) is -0.974. The Kier molecular flexibility index (Phi) is 9.56. The number of fused-ring (bicyclic) bond motifs is 1. The summed E-state index contributed by atoms with van der Waals surface area (Å²) in [5.41, 5.74) is 8.20. The highest BCUT2D eigenvalue weighted by Crippen LogP contribution is 2.41. The maximum Gasteiger partial charge on any atom is 0.352 e. The standard InChI is InChI=1S/C16H16N10O6S3.CH2O2/c1-32-22-8(7-4-34-15(17)19-7)11(28)20-9-12(29)25-10(14(30)31)6(2-33-13(9)25)3-35-16-21-23-24-26(16)18-5-27;2-1-3/h4-5,9,13H,2-3H2,1H3,(H2,17,19)(H,18,27)(H,20,28)(H,30,31);1H,(H,2,3)/b22-8-;/t9-,13+;/m1./s1. The molecule has 2 atom stereocenters. The smallest absolute Gasteiger partial charge is 0.352 e. The van der Waals surface area contributed by atoms with Crippen LogP contribution in [0, 0.1) is 0 Å². The van der Waals surface area contributed by atoms with E-state index < -0.39 is 29.2 Å². The summed E-state index contributed by atoms with van der Waals surface area (Å²) in [6.07, 6.45) is 0.392. The van der Waals surface area contributed by atoms with Crippen molar-refractivity contribution in [2.45, 2.75) is 16.6 Å². The molecule has 0 aliphatic carbocycles. The molecule has 3 amide bonds. The van der Waals surface area contributed by atoms with Crippen LogP contribution in [-0.2, 0) is 28.8 Å². The Labute approximate surface area is 224 Å². The summed E-state index contributed by atoms with van der Waals surface area (Å²) in [7, 11) is 1.26. The predicted octanol–water partition coefficient (Wildman–Crippen LogP) is -2.01. The van der Waals surface area contributed by atoms with Crippen LogP contribution in [-0.4, -0.2) is 107 Å². The van der Waals surface area contributed by atoms with Gasteiger partial charge >= 0.3 is 5.97 Å². The SMILES string of the molecule is CO/N=C(\C(=O)N[C@@H]1C(=O)N2C(C(=O)O)=C(CSc3nnnn3NC=O)CS[C@@H]12)c1csc(N)n1.O=CO. The van der Waals surface area contributed by atoms with E-state index in [0.29, 0.717) is 12.0 Å². The lowest BCUT2D eigenvalue weighted by Crippen LogP contribution is -2.71. The zero-order chi connectivity index (χ0) is 27.8. The van der Waals surface area contributed by atoms with E-state index in [1.807, 2.05) is 0 Å². The molecule has 2 aliphatic rings. The average Bonchev–Trinajstić information content (AvgIpc) is 3.52. The van der Waals surface area contributed by atoms with E-state index in [0.717, 1.165) is 32.8 Å². The lowest BCUT2D eigenvalue weighted by atomic mass is 10.0. The van der Waals surface area contributed by atoms with Gasteiger partial charge in [0, 0.05) is 16.9 Å². The molecule has 6 N–H and O–H groups in total. The molecule has 0 radical (unpaired) electrons. The number of oxime groups is 1. The number of tetrazole rings is 1. The number of aliphatic carboxylic acids is 1. The van der Waals surface area contributed by atoms with Crippen LogP contribution in [0.15, 0.2) is 27.0 Å². The van der Waals surface area contributed by atoms with Gasteiger partial charge in [0.05, 0.1) is 0 Å². The van der Waals surface area contributed by atoms with Crippen LogP contribution in [0.3, 0.4) is 0 Å². The Morgan fingerprint density at radius 1 is 1.42 bits per heavy atom.